The molecule has 0 atom stereocenters. The Morgan fingerprint density at radius 2 is 0.828 bits per heavy atom. The van der Waals surface area contributed by atoms with Gasteiger partial charge in [0.05, 0.1) is 16.9 Å². The van der Waals surface area contributed by atoms with Crippen molar-refractivity contribution in [2.75, 3.05) is 7.11 Å². The maximum Gasteiger partial charge on any atom is 0.329 e. The van der Waals surface area contributed by atoms with Gasteiger partial charge < -0.3 is 4.74 Å². The summed E-state index contributed by atoms with van der Waals surface area (Å²) in [5.41, 5.74) is 0. The van der Waals surface area contributed by atoms with Crippen molar-refractivity contribution in [3.63, 3.8) is 0 Å². The predicted octanol–water partition coefficient (Wildman–Crippen LogP) is 5.46. The number of carbonyl (C=O) groups is 1. The highest BCUT2D eigenvalue weighted by Crippen LogP contribution is 2.42. The Balaban J connectivity index is 2.57. The molecule has 0 radical (unpaired) electrons. The smallest absolute Gasteiger partial charge is 0.329 e. The number of benzene rings is 2. The standard InChI is InChI=1S/C15H4F10O2S2/c1-27-14(26)15(28-12-8(22)4(18)2(16)5(19)9(12)23)29-13-10(24)6(20)3(17)7(21)11(13)25/h15H,1H3. The van der Waals surface area contributed by atoms with Gasteiger partial charge in [0.15, 0.2) is 51.1 Å². The molecule has 0 aliphatic heterocycles. The van der Waals surface area contributed by atoms with Crippen LogP contribution in [0.3, 0.4) is 0 Å². The SMILES string of the molecule is COC(=O)C(Sc1c(F)c(F)c(F)c(F)c1F)Sc1c(F)c(F)c(F)c(F)c1F. The molecule has 0 amide bonds. The molecule has 0 aliphatic rings. The molecular weight excluding hydrogens is 466 g/mol. The van der Waals surface area contributed by atoms with Gasteiger partial charge >= 0.3 is 5.97 Å². The lowest BCUT2D eigenvalue weighted by atomic mass is 10.3. The molecule has 0 fully saturated rings. The number of esters is 1. The van der Waals surface area contributed by atoms with Crippen molar-refractivity contribution >= 4 is 29.5 Å². The first-order valence-corrected chi connectivity index (χ1v) is 8.63. The molecule has 29 heavy (non-hydrogen) atoms. The molecule has 0 N–H and O–H groups in total. The van der Waals surface area contributed by atoms with Crippen molar-refractivity contribution in [1.82, 2.24) is 0 Å². The first-order valence-electron chi connectivity index (χ1n) is 6.87. The van der Waals surface area contributed by atoms with E-state index in [0.717, 1.165) is 0 Å². The molecule has 0 spiro atoms. The van der Waals surface area contributed by atoms with Gasteiger partial charge in [0.1, 0.15) is 0 Å². The molecule has 14 heteroatoms. The summed E-state index contributed by atoms with van der Waals surface area (Å²) in [6.07, 6.45) is 0. The molecule has 2 aromatic carbocycles. The van der Waals surface area contributed by atoms with Gasteiger partial charge in [0.25, 0.3) is 0 Å². The van der Waals surface area contributed by atoms with Crippen molar-refractivity contribution in [3.8, 4) is 0 Å². The number of hydrogen-bond acceptors (Lipinski definition) is 4. The molecule has 0 saturated heterocycles. The van der Waals surface area contributed by atoms with Gasteiger partial charge in [-0.2, -0.15) is 0 Å². The highest BCUT2D eigenvalue weighted by molar-refractivity contribution is 8.18. The zero-order chi connectivity index (χ0) is 22.2. The topological polar surface area (TPSA) is 26.3 Å². The summed E-state index contributed by atoms with van der Waals surface area (Å²) < 4.78 is 136. The van der Waals surface area contributed by atoms with E-state index in [9.17, 15) is 48.7 Å². The first kappa shape index (κ1) is 23.2. The Morgan fingerprint density at radius 1 is 0.586 bits per heavy atom. The molecule has 0 aromatic heterocycles. The fourth-order valence-electron chi connectivity index (χ4n) is 1.81. The van der Waals surface area contributed by atoms with E-state index in [-0.39, 0.29) is 0 Å². The Kier molecular flexibility index (Phi) is 6.98. The molecule has 0 unspecified atom stereocenters. The van der Waals surface area contributed by atoms with E-state index in [1.807, 2.05) is 0 Å². The average Bonchev–Trinajstić information content (AvgIpc) is 2.71. The van der Waals surface area contributed by atoms with Crippen LogP contribution in [0.2, 0.25) is 0 Å². The molecule has 0 aliphatic carbocycles. The number of halogens is 10. The van der Waals surface area contributed by atoms with Gasteiger partial charge in [0.2, 0.25) is 11.6 Å². The maximum absolute atomic E-state index is 13.8. The quantitative estimate of drug-likeness (QED) is 0.145. The minimum Gasteiger partial charge on any atom is -0.468 e. The molecule has 2 nitrogen and oxygen atoms in total. The number of thioether (sulfide) groups is 2. The summed E-state index contributed by atoms with van der Waals surface area (Å²) >= 11 is -0.881. The van der Waals surface area contributed by atoms with Crippen LogP contribution in [-0.2, 0) is 9.53 Å². The van der Waals surface area contributed by atoms with E-state index in [0.29, 0.717) is 7.11 Å². The minimum absolute atomic E-state index is 0.440. The number of hydrogen-bond donors (Lipinski definition) is 0. The second-order valence-corrected chi connectivity index (χ2v) is 7.42. The monoisotopic (exact) mass is 470 g/mol. The third-order valence-electron chi connectivity index (χ3n) is 3.18. The third-order valence-corrected chi connectivity index (χ3v) is 5.76. The Morgan fingerprint density at radius 3 is 1.07 bits per heavy atom. The van der Waals surface area contributed by atoms with Crippen LogP contribution in [0.4, 0.5) is 43.9 Å². The van der Waals surface area contributed by atoms with Crippen molar-refractivity contribution in [2.45, 2.75) is 14.4 Å². The van der Waals surface area contributed by atoms with E-state index >= 15 is 0 Å². The van der Waals surface area contributed by atoms with Gasteiger partial charge in [-0.3, -0.25) is 0 Å². The van der Waals surface area contributed by atoms with Crippen LogP contribution < -0.4 is 0 Å². The zero-order valence-electron chi connectivity index (χ0n) is 13.5. The number of methoxy groups -OCH3 is 1. The molecule has 2 aromatic rings. The molecular formula is C15H4F10O2S2. The fraction of sp³-hybridized carbons (Fsp3) is 0.133. The highest BCUT2D eigenvalue weighted by atomic mass is 32.2. The Labute approximate surface area is 163 Å². The van der Waals surface area contributed by atoms with E-state index in [4.69, 9.17) is 0 Å². The zero-order valence-corrected chi connectivity index (χ0v) is 15.1. The third kappa shape index (κ3) is 4.13. The second kappa shape index (κ2) is 8.73. The minimum atomic E-state index is -2.51. The summed E-state index contributed by atoms with van der Waals surface area (Å²) in [6.45, 7) is 0. The maximum atomic E-state index is 13.8. The van der Waals surface area contributed by atoms with Gasteiger partial charge in [0, 0.05) is 0 Å². The van der Waals surface area contributed by atoms with Crippen LogP contribution in [0, 0.1) is 58.2 Å². The highest BCUT2D eigenvalue weighted by Gasteiger charge is 2.34. The van der Waals surface area contributed by atoms with Crippen LogP contribution in [0.15, 0.2) is 9.79 Å². The second-order valence-electron chi connectivity index (χ2n) is 4.89. The van der Waals surface area contributed by atoms with Gasteiger partial charge in [-0.1, -0.05) is 23.5 Å². The molecule has 0 bridgehead atoms. The number of rotatable bonds is 5. The van der Waals surface area contributed by atoms with Crippen molar-refractivity contribution in [3.05, 3.63) is 58.2 Å². The summed E-state index contributed by atoms with van der Waals surface area (Å²) in [4.78, 5) is 8.50. The lowest BCUT2D eigenvalue weighted by Gasteiger charge is -2.16. The molecule has 158 valence electrons. The van der Waals surface area contributed by atoms with E-state index < -0.39 is 102 Å². The van der Waals surface area contributed by atoms with E-state index in [1.165, 1.54) is 0 Å². The number of ether oxygens (including phenoxy) is 1. The van der Waals surface area contributed by atoms with Crippen LogP contribution in [0.25, 0.3) is 0 Å². The van der Waals surface area contributed by atoms with Gasteiger partial charge in [-0.05, 0) is 0 Å². The largest absolute Gasteiger partial charge is 0.468 e. The summed E-state index contributed by atoms with van der Waals surface area (Å²) in [6, 6.07) is 0. The summed E-state index contributed by atoms with van der Waals surface area (Å²) in [7, 11) is 0.688. The molecule has 0 heterocycles. The Hall–Kier alpha value is -2.09. The normalized spacial score (nSPS) is 11.3. The van der Waals surface area contributed by atoms with E-state index in [1.54, 1.807) is 0 Å². The van der Waals surface area contributed by atoms with E-state index in [2.05, 4.69) is 4.74 Å². The Bertz CT molecular complexity index is 869. The first-order chi connectivity index (χ1) is 13.4. The number of carbonyl (C=O) groups excluding carboxylic acids is 1. The molecule has 2 rings (SSSR count). The van der Waals surface area contributed by atoms with Gasteiger partial charge in [-0.15, -0.1) is 0 Å². The van der Waals surface area contributed by atoms with Crippen LogP contribution in [-0.4, -0.2) is 17.7 Å². The summed E-state index contributed by atoms with van der Waals surface area (Å²) in [5.74, 6) is -25.6. The van der Waals surface area contributed by atoms with Crippen molar-refractivity contribution in [1.29, 1.82) is 0 Å². The predicted molar refractivity (Wildman–Crippen MR) is 80.0 cm³/mol. The summed E-state index contributed by atoms with van der Waals surface area (Å²) in [5, 5.41) is 0. The molecule has 0 saturated carbocycles. The van der Waals surface area contributed by atoms with Crippen molar-refractivity contribution in [2.24, 2.45) is 0 Å². The van der Waals surface area contributed by atoms with Crippen LogP contribution in [0.1, 0.15) is 0 Å². The lowest BCUT2D eigenvalue weighted by Crippen LogP contribution is -2.18. The van der Waals surface area contributed by atoms with Crippen molar-refractivity contribution < 1.29 is 53.4 Å². The van der Waals surface area contributed by atoms with Crippen LogP contribution >= 0.6 is 23.5 Å². The fourth-order valence-corrected chi connectivity index (χ4v) is 4.16. The van der Waals surface area contributed by atoms with Crippen LogP contribution in [0.5, 0.6) is 0 Å². The van der Waals surface area contributed by atoms with Gasteiger partial charge in [-0.25, -0.2) is 48.7 Å². The lowest BCUT2D eigenvalue weighted by molar-refractivity contribution is -0.138. The average molecular weight is 470 g/mol.